The van der Waals surface area contributed by atoms with Gasteiger partial charge in [-0.2, -0.15) is 0 Å². The highest BCUT2D eigenvalue weighted by Crippen LogP contribution is 2.12. The smallest absolute Gasteiger partial charge is 0.204 e. The van der Waals surface area contributed by atoms with Crippen LogP contribution < -0.4 is 0 Å². The minimum Gasteiger partial charge on any atom is -0.381 e. The summed E-state index contributed by atoms with van der Waals surface area (Å²) < 4.78 is 5.25. The molecule has 0 aliphatic carbocycles. The van der Waals surface area contributed by atoms with E-state index in [2.05, 4.69) is 21.8 Å². The second-order valence-electron chi connectivity index (χ2n) is 3.23. The molecule has 0 aromatic carbocycles. The molecule has 2 rings (SSSR count). The van der Waals surface area contributed by atoms with Crippen molar-refractivity contribution in [3.63, 3.8) is 0 Å². The van der Waals surface area contributed by atoms with E-state index in [-0.39, 0.29) is 0 Å². The number of rotatable bonds is 0. The van der Waals surface area contributed by atoms with Gasteiger partial charge in [-0.1, -0.05) is 5.92 Å². The van der Waals surface area contributed by atoms with Gasteiger partial charge in [-0.25, -0.2) is 9.97 Å². The lowest BCUT2D eigenvalue weighted by atomic mass is 10.0. The van der Waals surface area contributed by atoms with Gasteiger partial charge in [0.05, 0.1) is 0 Å². The zero-order chi connectivity index (χ0) is 9.64. The standard InChI is InChI=1S/C11H12N2O/c1-6-12-11(13-7-1)3-2-10-4-8-14-9-5-10/h1,6-7,10H,4-5,8-9H2. The SMILES string of the molecule is C(#CC1CCOCC1)c1ncccn1. The number of ether oxygens (including phenoxy) is 1. The molecule has 0 bridgehead atoms. The third-order valence-electron chi connectivity index (χ3n) is 2.18. The number of aromatic nitrogens is 2. The summed E-state index contributed by atoms with van der Waals surface area (Å²) in [5.41, 5.74) is 0. The van der Waals surface area contributed by atoms with Crippen LogP contribution in [0.25, 0.3) is 0 Å². The lowest BCUT2D eigenvalue weighted by molar-refractivity contribution is 0.0807. The topological polar surface area (TPSA) is 35.0 Å². The molecule has 0 N–H and O–H groups in total. The molecule has 72 valence electrons. The molecule has 1 aliphatic heterocycles. The fraction of sp³-hybridized carbons (Fsp3) is 0.455. The molecule has 0 atom stereocenters. The van der Waals surface area contributed by atoms with E-state index in [1.165, 1.54) is 0 Å². The maximum atomic E-state index is 5.25. The Morgan fingerprint density at radius 1 is 1.21 bits per heavy atom. The summed E-state index contributed by atoms with van der Waals surface area (Å²) in [5.74, 6) is 7.23. The van der Waals surface area contributed by atoms with Crippen LogP contribution in [-0.2, 0) is 4.74 Å². The van der Waals surface area contributed by atoms with Gasteiger partial charge >= 0.3 is 0 Å². The predicted molar refractivity (Wildman–Crippen MR) is 52.5 cm³/mol. The molecule has 1 aliphatic rings. The van der Waals surface area contributed by atoms with Gasteiger partial charge in [-0.15, -0.1) is 0 Å². The quantitative estimate of drug-likeness (QED) is 0.575. The summed E-state index contributed by atoms with van der Waals surface area (Å²) in [5, 5.41) is 0. The Balaban J connectivity index is 1.99. The van der Waals surface area contributed by atoms with Gasteiger partial charge < -0.3 is 4.74 Å². The molecule has 0 spiro atoms. The van der Waals surface area contributed by atoms with Crippen LogP contribution in [0.4, 0.5) is 0 Å². The first-order chi connectivity index (χ1) is 6.95. The molecular formula is C11H12N2O. The van der Waals surface area contributed by atoms with Crippen LogP contribution in [0.1, 0.15) is 18.7 Å². The largest absolute Gasteiger partial charge is 0.381 e. The van der Waals surface area contributed by atoms with Crippen molar-refractivity contribution in [1.29, 1.82) is 0 Å². The minimum absolute atomic E-state index is 0.451. The molecular weight excluding hydrogens is 176 g/mol. The Labute approximate surface area is 83.5 Å². The summed E-state index contributed by atoms with van der Waals surface area (Å²) >= 11 is 0. The average molecular weight is 188 g/mol. The molecule has 3 nitrogen and oxygen atoms in total. The second kappa shape index (κ2) is 4.73. The lowest BCUT2D eigenvalue weighted by Crippen LogP contribution is -2.13. The van der Waals surface area contributed by atoms with E-state index < -0.39 is 0 Å². The molecule has 14 heavy (non-hydrogen) atoms. The molecule has 3 heteroatoms. The maximum Gasteiger partial charge on any atom is 0.204 e. The average Bonchev–Trinajstić information content (AvgIpc) is 2.29. The van der Waals surface area contributed by atoms with Gasteiger partial charge in [0.1, 0.15) is 0 Å². The van der Waals surface area contributed by atoms with Crippen LogP contribution >= 0.6 is 0 Å². The zero-order valence-electron chi connectivity index (χ0n) is 7.94. The van der Waals surface area contributed by atoms with Crippen LogP contribution in [0.5, 0.6) is 0 Å². The molecule has 0 unspecified atom stereocenters. The predicted octanol–water partition coefficient (Wildman–Crippen LogP) is 1.25. The summed E-state index contributed by atoms with van der Waals surface area (Å²) in [7, 11) is 0. The van der Waals surface area contributed by atoms with Crippen molar-refractivity contribution in [2.75, 3.05) is 13.2 Å². The second-order valence-corrected chi connectivity index (χ2v) is 3.23. The van der Waals surface area contributed by atoms with Crippen molar-refractivity contribution in [3.05, 3.63) is 24.3 Å². The van der Waals surface area contributed by atoms with E-state index >= 15 is 0 Å². The molecule has 0 radical (unpaired) electrons. The van der Waals surface area contributed by atoms with Crippen LogP contribution in [0, 0.1) is 17.8 Å². The van der Waals surface area contributed by atoms with Gasteiger partial charge in [0.25, 0.3) is 0 Å². The molecule has 2 heterocycles. The van der Waals surface area contributed by atoms with E-state index in [1.807, 2.05) is 0 Å². The minimum atomic E-state index is 0.451. The molecule has 1 aromatic heterocycles. The van der Waals surface area contributed by atoms with Crippen molar-refractivity contribution in [2.45, 2.75) is 12.8 Å². The Morgan fingerprint density at radius 2 is 1.93 bits per heavy atom. The fourth-order valence-corrected chi connectivity index (χ4v) is 1.37. The monoisotopic (exact) mass is 188 g/mol. The first-order valence-corrected chi connectivity index (χ1v) is 4.81. The van der Waals surface area contributed by atoms with Crippen molar-refractivity contribution >= 4 is 0 Å². The normalized spacial score (nSPS) is 17.1. The summed E-state index contributed by atoms with van der Waals surface area (Å²) in [6, 6.07) is 1.79. The van der Waals surface area contributed by atoms with E-state index in [1.54, 1.807) is 18.5 Å². The molecule has 0 saturated carbocycles. The van der Waals surface area contributed by atoms with Crippen molar-refractivity contribution in [1.82, 2.24) is 9.97 Å². The first-order valence-electron chi connectivity index (χ1n) is 4.81. The molecule has 0 amide bonds. The van der Waals surface area contributed by atoms with Gasteiger partial charge in [0.2, 0.25) is 5.82 Å². The third-order valence-corrected chi connectivity index (χ3v) is 2.18. The Bertz CT molecular complexity index is 333. The summed E-state index contributed by atoms with van der Waals surface area (Å²) in [6.07, 6.45) is 5.47. The van der Waals surface area contributed by atoms with Crippen LogP contribution in [0.15, 0.2) is 18.5 Å². The van der Waals surface area contributed by atoms with E-state index in [0.29, 0.717) is 11.7 Å². The van der Waals surface area contributed by atoms with E-state index in [9.17, 15) is 0 Å². The number of nitrogens with zero attached hydrogens (tertiary/aromatic N) is 2. The molecule has 1 saturated heterocycles. The van der Waals surface area contributed by atoms with Gasteiger partial charge in [-0.3, -0.25) is 0 Å². The molecule has 1 aromatic rings. The first kappa shape index (κ1) is 9.17. The molecule has 1 fully saturated rings. The highest BCUT2D eigenvalue weighted by atomic mass is 16.5. The highest BCUT2D eigenvalue weighted by molar-refractivity contribution is 5.20. The number of hydrogen-bond donors (Lipinski definition) is 0. The lowest BCUT2D eigenvalue weighted by Gasteiger charge is -2.16. The Hall–Kier alpha value is -1.40. The summed E-state index contributed by atoms with van der Waals surface area (Å²) in [6.45, 7) is 1.66. The Morgan fingerprint density at radius 3 is 2.64 bits per heavy atom. The van der Waals surface area contributed by atoms with E-state index in [4.69, 9.17) is 4.74 Å². The highest BCUT2D eigenvalue weighted by Gasteiger charge is 2.10. The van der Waals surface area contributed by atoms with Gasteiger partial charge in [0.15, 0.2) is 0 Å². The van der Waals surface area contributed by atoms with Gasteiger partial charge in [-0.05, 0) is 24.8 Å². The fourth-order valence-electron chi connectivity index (χ4n) is 1.37. The van der Waals surface area contributed by atoms with Crippen LogP contribution in [0.3, 0.4) is 0 Å². The van der Waals surface area contributed by atoms with Gasteiger partial charge in [0, 0.05) is 31.5 Å². The van der Waals surface area contributed by atoms with E-state index in [0.717, 1.165) is 26.1 Å². The maximum absolute atomic E-state index is 5.25. The summed E-state index contributed by atoms with van der Waals surface area (Å²) in [4.78, 5) is 8.09. The van der Waals surface area contributed by atoms with Crippen molar-refractivity contribution in [3.8, 4) is 11.8 Å². The number of hydrogen-bond acceptors (Lipinski definition) is 3. The van der Waals surface area contributed by atoms with Crippen LogP contribution in [0.2, 0.25) is 0 Å². The zero-order valence-corrected chi connectivity index (χ0v) is 7.94. The Kier molecular flexibility index (Phi) is 3.10. The van der Waals surface area contributed by atoms with Crippen molar-refractivity contribution in [2.24, 2.45) is 5.92 Å². The third kappa shape index (κ3) is 2.54. The van der Waals surface area contributed by atoms with Crippen molar-refractivity contribution < 1.29 is 4.74 Å². The van der Waals surface area contributed by atoms with Crippen LogP contribution in [-0.4, -0.2) is 23.2 Å².